The fourth-order valence-corrected chi connectivity index (χ4v) is 2.24. The molecule has 4 nitrogen and oxygen atoms in total. The molecule has 0 spiro atoms. The summed E-state index contributed by atoms with van der Waals surface area (Å²) >= 11 is 0. The van der Waals surface area contributed by atoms with Gasteiger partial charge in [0.15, 0.2) is 5.58 Å². The number of ether oxygens (including phenoxy) is 1. The summed E-state index contributed by atoms with van der Waals surface area (Å²) in [6, 6.07) is 13.4. The number of rotatable bonds is 3. The number of oxazole rings is 1. The van der Waals surface area contributed by atoms with Crippen molar-refractivity contribution in [2.75, 3.05) is 7.11 Å². The van der Waals surface area contributed by atoms with E-state index in [9.17, 15) is 4.79 Å². The molecule has 1 heterocycles. The highest BCUT2D eigenvalue weighted by Crippen LogP contribution is 2.17. The lowest BCUT2D eigenvalue weighted by Crippen LogP contribution is -2.14. The Morgan fingerprint density at radius 1 is 1.15 bits per heavy atom. The van der Waals surface area contributed by atoms with Gasteiger partial charge in [-0.25, -0.2) is 4.79 Å². The van der Waals surface area contributed by atoms with Crippen molar-refractivity contribution in [3.05, 3.63) is 64.1 Å². The molecular formula is C16H15NO3. The lowest BCUT2D eigenvalue weighted by Gasteiger charge is -2.04. The Balaban J connectivity index is 2.03. The van der Waals surface area contributed by atoms with Gasteiger partial charge in [0, 0.05) is 0 Å². The number of fused-ring (bicyclic) bond motifs is 1. The van der Waals surface area contributed by atoms with Crippen molar-refractivity contribution >= 4 is 11.1 Å². The van der Waals surface area contributed by atoms with E-state index in [-0.39, 0.29) is 5.76 Å². The highest BCUT2D eigenvalue weighted by atomic mass is 16.5. The molecule has 0 radical (unpaired) electrons. The average Bonchev–Trinajstić information content (AvgIpc) is 2.76. The highest BCUT2D eigenvalue weighted by molar-refractivity contribution is 5.73. The predicted octanol–water partition coefficient (Wildman–Crippen LogP) is 2.96. The molecule has 1 aromatic heterocycles. The van der Waals surface area contributed by atoms with Crippen LogP contribution in [0.15, 0.2) is 51.7 Å². The Labute approximate surface area is 116 Å². The zero-order valence-electron chi connectivity index (χ0n) is 11.4. The van der Waals surface area contributed by atoms with Gasteiger partial charge in [-0.2, -0.15) is 0 Å². The highest BCUT2D eigenvalue weighted by Gasteiger charge is 2.09. The van der Waals surface area contributed by atoms with Gasteiger partial charge in [-0.05, 0) is 42.3 Å². The average molecular weight is 269 g/mol. The summed E-state index contributed by atoms with van der Waals surface area (Å²) in [5.74, 6) is 0.468. The van der Waals surface area contributed by atoms with Crippen LogP contribution in [0.25, 0.3) is 11.1 Å². The van der Waals surface area contributed by atoms with E-state index in [2.05, 4.69) is 0 Å². The summed E-state index contributed by atoms with van der Waals surface area (Å²) in [7, 11) is 1.63. The van der Waals surface area contributed by atoms with Crippen molar-refractivity contribution in [1.29, 1.82) is 0 Å². The standard InChI is InChI=1S/C16H15NO3/c1-11-3-8-15-14(9-11)17(16(18)20-15)10-12-4-6-13(19-2)7-5-12/h3-9H,10H2,1-2H3. The van der Waals surface area contributed by atoms with E-state index in [4.69, 9.17) is 9.15 Å². The first kappa shape index (κ1) is 12.5. The van der Waals surface area contributed by atoms with Crippen LogP contribution in [0.3, 0.4) is 0 Å². The predicted molar refractivity (Wildman–Crippen MR) is 77.3 cm³/mol. The molecule has 0 aliphatic rings. The van der Waals surface area contributed by atoms with Gasteiger partial charge >= 0.3 is 5.76 Å². The minimum atomic E-state index is -0.332. The normalized spacial score (nSPS) is 10.9. The number of hydrogen-bond donors (Lipinski definition) is 0. The molecule has 0 bridgehead atoms. The monoisotopic (exact) mass is 269 g/mol. The molecule has 4 heteroatoms. The fourth-order valence-electron chi connectivity index (χ4n) is 2.24. The number of benzene rings is 2. The van der Waals surface area contributed by atoms with Gasteiger partial charge in [-0.1, -0.05) is 18.2 Å². The van der Waals surface area contributed by atoms with Crippen LogP contribution in [-0.2, 0) is 6.54 Å². The first-order valence-electron chi connectivity index (χ1n) is 6.40. The van der Waals surface area contributed by atoms with Crippen molar-refractivity contribution in [2.45, 2.75) is 13.5 Å². The summed E-state index contributed by atoms with van der Waals surface area (Å²) in [6.45, 7) is 2.48. The van der Waals surface area contributed by atoms with Crippen molar-refractivity contribution in [3.8, 4) is 5.75 Å². The zero-order chi connectivity index (χ0) is 14.1. The van der Waals surface area contributed by atoms with E-state index in [1.54, 1.807) is 11.7 Å². The maximum atomic E-state index is 11.9. The summed E-state index contributed by atoms with van der Waals surface area (Å²) in [5, 5.41) is 0. The molecule has 0 aliphatic heterocycles. The van der Waals surface area contributed by atoms with Crippen LogP contribution in [0.4, 0.5) is 0 Å². The fraction of sp³-hybridized carbons (Fsp3) is 0.188. The smallest absolute Gasteiger partial charge is 0.420 e. The Morgan fingerprint density at radius 3 is 2.60 bits per heavy atom. The summed E-state index contributed by atoms with van der Waals surface area (Å²) < 4.78 is 12.0. The van der Waals surface area contributed by atoms with Gasteiger partial charge < -0.3 is 9.15 Å². The van der Waals surface area contributed by atoms with E-state index in [0.29, 0.717) is 12.1 Å². The quantitative estimate of drug-likeness (QED) is 0.734. The van der Waals surface area contributed by atoms with E-state index < -0.39 is 0 Å². The van der Waals surface area contributed by atoms with E-state index in [1.807, 2.05) is 49.4 Å². The van der Waals surface area contributed by atoms with Gasteiger partial charge in [0.05, 0.1) is 19.2 Å². The third-order valence-electron chi connectivity index (χ3n) is 3.32. The van der Waals surface area contributed by atoms with Gasteiger partial charge in [0.25, 0.3) is 0 Å². The molecule has 0 saturated carbocycles. The first-order chi connectivity index (χ1) is 9.67. The zero-order valence-corrected chi connectivity index (χ0v) is 11.4. The van der Waals surface area contributed by atoms with Crippen molar-refractivity contribution in [1.82, 2.24) is 4.57 Å². The molecule has 102 valence electrons. The van der Waals surface area contributed by atoms with E-state index in [0.717, 1.165) is 22.4 Å². The minimum absolute atomic E-state index is 0.332. The maximum Gasteiger partial charge on any atom is 0.420 e. The SMILES string of the molecule is COc1ccc(Cn2c(=O)oc3ccc(C)cc32)cc1. The van der Waals surface area contributed by atoms with Crippen LogP contribution in [0, 0.1) is 6.92 Å². The molecule has 0 N–H and O–H groups in total. The molecule has 2 aromatic carbocycles. The number of hydrogen-bond acceptors (Lipinski definition) is 3. The molecule has 20 heavy (non-hydrogen) atoms. The molecule has 0 atom stereocenters. The topological polar surface area (TPSA) is 44.4 Å². The van der Waals surface area contributed by atoms with Crippen LogP contribution in [-0.4, -0.2) is 11.7 Å². The number of methoxy groups -OCH3 is 1. The lowest BCUT2D eigenvalue weighted by molar-refractivity contribution is 0.414. The molecule has 0 unspecified atom stereocenters. The molecule has 0 fully saturated rings. The van der Waals surface area contributed by atoms with Gasteiger partial charge in [-0.3, -0.25) is 4.57 Å². The Hall–Kier alpha value is -2.49. The third-order valence-corrected chi connectivity index (χ3v) is 3.32. The second-order valence-electron chi connectivity index (χ2n) is 4.77. The van der Waals surface area contributed by atoms with Gasteiger partial charge in [0.1, 0.15) is 5.75 Å². The molecule has 3 aromatic rings. The maximum absolute atomic E-state index is 11.9. The Bertz CT molecular complexity index is 797. The first-order valence-corrected chi connectivity index (χ1v) is 6.40. The molecule has 0 aliphatic carbocycles. The van der Waals surface area contributed by atoms with Crippen LogP contribution in [0.5, 0.6) is 5.75 Å². The Kier molecular flexibility index (Phi) is 3.06. The molecule has 0 saturated heterocycles. The van der Waals surface area contributed by atoms with Crippen molar-refractivity contribution in [3.63, 3.8) is 0 Å². The van der Waals surface area contributed by atoms with Crippen LogP contribution in [0.2, 0.25) is 0 Å². The van der Waals surface area contributed by atoms with Crippen LogP contribution < -0.4 is 10.5 Å². The Morgan fingerprint density at radius 2 is 1.90 bits per heavy atom. The van der Waals surface area contributed by atoms with Crippen LogP contribution in [0.1, 0.15) is 11.1 Å². The number of aryl methyl sites for hydroxylation is 1. The summed E-state index contributed by atoms with van der Waals surface area (Å²) in [6.07, 6.45) is 0. The second kappa shape index (κ2) is 4.89. The van der Waals surface area contributed by atoms with Gasteiger partial charge in [-0.15, -0.1) is 0 Å². The van der Waals surface area contributed by atoms with E-state index >= 15 is 0 Å². The largest absolute Gasteiger partial charge is 0.497 e. The van der Waals surface area contributed by atoms with E-state index in [1.165, 1.54) is 0 Å². The molecule has 3 rings (SSSR count). The van der Waals surface area contributed by atoms with Crippen molar-refractivity contribution in [2.24, 2.45) is 0 Å². The lowest BCUT2D eigenvalue weighted by atomic mass is 10.2. The number of aromatic nitrogens is 1. The molecular weight excluding hydrogens is 254 g/mol. The third kappa shape index (κ3) is 2.20. The summed E-state index contributed by atoms with van der Waals surface area (Å²) in [5.41, 5.74) is 3.57. The second-order valence-corrected chi connectivity index (χ2v) is 4.77. The van der Waals surface area contributed by atoms with Gasteiger partial charge in [0.2, 0.25) is 0 Å². The number of nitrogens with zero attached hydrogens (tertiary/aromatic N) is 1. The van der Waals surface area contributed by atoms with Crippen molar-refractivity contribution < 1.29 is 9.15 Å². The van der Waals surface area contributed by atoms with Crippen LogP contribution >= 0.6 is 0 Å². The summed E-state index contributed by atoms with van der Waals surface area (Å²) in [4.78, 5) is 11.9. The minimum Gasteiger partial charge on any atom is -0.497 e. The molecule has 0 amide bonds.